The highest BCUT2D eigenvalue weighted by Crippen LogP contribution is 2.12. The van der Waals surface area contributed by atoms with E-state index in [9.17, 15) is 4.79 Å². The van der Waals surface area contributed by atoms with Crippen molar-refractivity contribution < 1.29 is 9.53 Å². The molecule has 0 bridgehead atoms. The van der Waals surface area contributed by atoms with Crippen LogP contribution >= 0.6 is 11.8 Å². The third-order valence-corrected chi connectivity index (χ3v) is 3.11. The third-order valence-electron chi connectivity index (χ3n) is 2.54. The molecule has 0 aliphatic rings. The van der Waals surface area contributed by atoms with E-state index in [0.29, 0.717) is 17.5 Å². The molecule has 1 aromatic carbocycles. The van der Waals surface area contributed by atoms with E-state index in [4.69, 9.17) is 4.74 Å². The van der Waals surface area contributed by atoms with Gasteiger partial charge < -0.3 is 4.74 Å². The molecular formula is C16H14N2O2S. The zero-order valence-electron chi connectivity index (χ0n) is 11.8. The van der Waals surface area contributed by atoms with Crippen LogP contribution in [0.3, 0.4) is 0 Å². The minimum atomic E-state index is -0.456. The van der Waals surface area contributed by atoms with E-state index in [-0.39, 0.29) is 5.56 Å². The molecule has 4 nitrogen and oxygen atoms in total. The summed E-state index contributed by atoms with van der Waals surface area (Å²) in [7, 11) is 0. The number of ether oxygens (including phenoxy) is 1. The molecule has 0 fully saturated rings. The SMILES string of the molecule is CCOC(=O)c1cnc(SC)nc1C#Cc1ccccc1. The lowest BCUT2D eigenvalue weighted by atomic mass is 10.2. The summed E-state index contributed by atoms with van der Waals surface area (Å²) in [5, 5.41) is 0.570. The highest BCUT2D eigenvalue weighted by molar-refractivity contribution is 7.98. The van der Waals surface area contributed by atoms with Gasteiger partial charge in [-0.15, -0.1) is 0 Å². The van der Waals surface area contributed by atoms with Crippen LogP contribution in [-0.2, 0) is 4.74 Å². The summed E-state index contributed by atoms with van der Waals surface area (Å²) in [5.41, 5.74) is 1.53. The molecule has 5 heteroatoms. The highest BCUT2D eigenvalue weighted by atomic mass is 32.2. The Morgan fingerprint density at radius 3 is 2.71 bits per heavy atom. The zero-order chi connectivity index (χ0) is 15.1. The number of nitrogens with zero attached hydrogens (tertiary/aromatic N) is 2. The Bertz CT molecular complexity index is 690. The molecule has 0 saturated carbocycles. The predicted octanol–water partition coefficient (Wildman–Crippen LogP) is 2.78. The van der Waals surface area contributed by atoms with E-state index in [0.717, 1.165) is 5.56 Å². The van der Waals surface area contributed by atoms with E-state index >= 15 is 0 Å². The van der Waals surface area contributed by atoms with Crippen LogP contribution in [0.1, 0.15) is 28.5 Å². The fourth-order valence-corrected chi connectivity index (χ4v) is 1.91. The smallest absolute Gasteiger partial charge is 0.342 e. The Labute approximate surface area is 128 Å². The molecule has 106 valence electrons. The van der Waals surface area contributed by atoms with E-state index in [2.05, 4.69) is 21.8 Å². The molecule has 0 N–H and O–H groups in total. The minimum absolute atomic E-state index is 0.290. The summed E-state index contributed by atoms with van der Waals surface area (Å²) >= 11 is 1.40. The third kappa shape index (κ3) is 4.07. The molecule has 1 heterocycles. The molecule has 2 rings (SSSR count). The molecule has 0 amide bonds. The first-order chi connectivity index (χ1) is 10.2. The van der Waals surface area contributed by atoms with Crippen LogP contribution in [0.25, 0.3) is 0 Å². The van der Waals surface area contributed by atoms with Gasteiger partial charge in [-0.3, -0.25) is 0 Å². The van der Waals surface area contributed by atoms with Crippen molar-refractivity contribution >= 4 is 17.7 Å². The molecule has 0 spiro atoms. The second-order valence-electron chi connectivity index (χ2n) is 3.96. The lowest BCUT2D eigenvalue weighted by Crippen LogP contribution is -2.09. The molecule has 0 aliphatic carbocycles. The van der Waals surface area contributed by atoms with Crippen LogP contribution in [0.4, 0.5) is 0 Å². The van der Waals surface area contributed by atoms with Gasteiger partial charge in [-0.05, 0) is 31.2 Å². The largest absolute Gasteiger partial charge is 0.462 e. The number of benzene rings is 1. The molecule has 0 atom stereocenters. The highest BCUT2D eigenvalue weighted by Gasteiger charge is 2.14. The predicted molar refractivity (Wildman–Crippen MR) is 82.2 cm³/mol. The van der Waals surface area contributed by atoms with Crippen LogP contribution in [-0.4, -0.2) is 28.8 Å². The van der Waals surface area contributed by atoms with Crippen LogP contribution in [0.5, 0.6) is 0 Å². The number of hydrogen-bond donors (Lipinski definition) is 0. The number of carbonyl (C=O) groups is 1. The molecule has 0 unspecified atom stereocenters. The first kappa shape index (κ1) is 15.1. The van der Waals surface area contributed by atoms with Gasteiger partial charge in [0.1, 0.15) is 11.3 Å². The fraction of sp³-hybridized carbons (Fsp3) is 0.188. The Hall–Kier alpha value is -2.32. The van der Waals surface area contributed by atoms with Gasteiger partial charge in [0, 0.05) is 11.8 Å². The average molecular weight is 298 g/mol. The average Bonchev–Trinajstić information content (AvgIpc) is 2.53. The van der Waals surface area contributed by atoms with Gasteiger partial charge in [0.2, 0.25) is 0 Å². The van der Waals surface area contributed by atoms with E-state index in [1.807, 2.05) is 36.6 Å². The quantitative estimate of drug-likeness (QED) is 0.377. The Morgan fingerprint density at radius 2 is 2.05 bits per heavy atom. The summed E-state index contributed by atoms with van der Waals surface area (Å²) in [6.45, 7) is 2.05. The van der Waals surface area contributed by atoms with Gasteiger partial charge in [0.25, 0.3) is 0 Å². The maximum atomic E-state index is 11.9. The Morgan fingerprint density at radius 1 is 1.29 bits per heavy atom. The first-order valence-corrected chi connectivity index (χ1v) is 7.62. The molecule has 1 aromatic heterocycles. The second kappa shape index (κ2) is 7.46. The topological polar surface area (TPSA) is 52.1 Å². The van der Waals surface area contributed by atoms with Crippen LogP contribution < -0.4 is 0 Å². The van der Waals surface area contributed by atoms with Gasteiger partial charge >= 0.3 is 5.97 Å². The van der Waals surface area contributed by atoms with Crippen LogP contribution in [0.15, 0.2) is 41.7 Å². The fourth-order valence-electron chi connectivity index (χ4n) is 1.57. The number of carbonyl (C=O) groups excluding carboxylic acids is 1. The van der Waals surface area contributed by atoms with Gasteiger partial charge in [0.15, 0.2) is 5.16 Å². The standard InChI is InChI=1S/C16H14N2O2S/c1-3-20-15(19)13-11-17-16(21-2)18-14(13)10-9-12-7-5-4-6-8-12/h4-8,11H,3H2,1-2H3. The lowest BCUT2D eigenvalue weighted by molar-refractivity contribution is 0.0524. The summed E-state index contributed by atoms with van der Waals surface area (Å²) in [6, 6.07) is 9.53. The molecular weight excluding hydrogens is 284 g/mol. The lowest BCUT2D eigenvalue weighted by Gasteiger charge is -2.04. The maximum Gasteiger partial charge on any atom is 0.342 e. The number of thioether (sulfide) groups is 1. The number of rotatable bonds is 3. The monoisotopic (exact) mass is 298 g/mol. The maximum absolute atomic E-state index is 11.9. The zero-order valence-corrected chi connectivity index (χ0v) is 12.6. The van der Waals surface area contributed by atoms with Crippen molar-refractivity contribution in [2.24, 2.45) is 0 Å². The summed E-state index contributed by atoms with van der Waals surface area (Å²) in [5.74, 6) is 5.46. The van der Waals surface area contributed by atoms with Crippen LogP contribution in [0.2, 0.25) is 0 Å². The van der Waals surface area contributed by atoms with Gasteiger partial charge in [-0.1, -0.05) is 35.9 Å². The van der Waals surface area contributed by atoms with E-state index in [1.54, 1.807) is 6.92 Å². The van der Waals surface area contributed by atoms with Gasteiger partial charge in [0.05, 0.1) is 6.61 Å². The van der Waals surface area contributed by atoms with Crippen molar-refractivity contribution in [3.05, 3.63) is 53.3 Å². The molecule has 2 aromatic rings. The first-order valence-electron chi connectivity index (χ1n) is 6.39. The molecule has 0 saturated heterocycles. The summed E-state index contributed by atoms with van der Waals surface area (Å²) in [4.78, 5) is 20.3. The Balaban J connectivity index is 2.40. The van der Waals surface area contributed by atoms with Gasteiger partial charge in [-0.2, -0.15) is 0 Å². The van der Waals surface area contributed by atoms with Crippen molar-refractivity contribution in [2.75, 3.05) is 12.9 Å². The van der Waals surface area contributed by atoms with Crippen molar-refractivity contribution in [2.45, 2.75) is 12.1 Å². The number of aromatic nitrogens is 2. The van der Waals surface area contributed by atoms with Crippen LogP contribution in [0, 0.1) is 11.8 Å². The Kier molecular flexibility index (Phi) is 5.35. The molecule has 0 radical (unpaired) electrons. The van der Waals surface area contributed by atoms with Crippen molar-refractivity contribution in [1.82, 2.24) is 9.97 Å². The van der Waals surface area contributed by atoms with Crippen molar-refractivity contribution in [3.63, 3.8) is 0 Å². The minimum Gasteiger partial charge on any atom is -0.462 e. The number of esters is 1. The second-order valence-corrected chi connectivity index (χ2v) is 4.73. The van der Waals surface area contributed by atoms with Gasteiger partial charge in [-0.25, -0.2) is 14.8 Å². The molecule has 21 heavy (non-hydrogen) atoms. The van der Waals surface area contributed by atoms with Crippen molar-refractivity contribution in [3.8, 4) is 11.8 Å². The summed E-state index contributed by atoms with van der Waals surface area (Å²) in [6.07, 6.45) is 3.33. The summed E-state index contributed by atoms with van der Waals surface area (Å²) < 4.78 is 5.00. The molecule has 0 aliphatic heterocycles. The normalized spacial score (nSPS) is 9.62. The van der Waals surface area contributed by atoms with Crippen molar-refractivity contribution in [1.29, 1.82) is 0 Å². The van der Waals surface area contributed by atoms with E-state index in [1.165, 1.54) is 18.0 Å². The number of hydrogen-bond acceptors (Lipinski definition) is 5. The van der Waals surface area contributed by atoms with E-state index < -0.39 is 5.97 Å².